The van der Waals surface area contributed by atoms with Crippen LogP contribution >= 0.6 is 0 Å². The summed E-state index contributed by atoms with van der Waals surface area (Å²) in [7, 11) is -4.06. The Hall–Kier alpha value is -3.23. The zero-order chi connectivity index (χ0) is 32.0. The fraction of sp³-hybridized carbons (Fsp3) is 0.576. The summed E-state index contributed by atoms with van der Waals surface area (Å²) < 4.78 is 52.8. The number of hydrogen-bond donors (Lipinski definition) is 3. The van der Waals surface area contributed by atoms with Crippen LogP contribution < -0.4 is 10.6 Å². The zero-order valence-corrected chi connectivity index (χ0v) is 26.9. The van der Waals surface area contributed by atoms with E-state index < -0.39 is 34.4 Å². The lowest BCUT2D eigenvalue weighted by atomic mass is 9.80. The summed E-state index contributed by atoms with van der Waals surface area (Å²) in [5.74, 6) is 0.608. The highest BCUT2D eigenvalue weighted by molar-refractivity contribution is 7.89. The number of carbonyl (C=O) groups excluding carboxylic acids is 1. The number of aliphatic hydroxyl groups excluding tert-OH is 1. The summed E-state index contributed by atoms with van der Waals surface area (Å²) in [6.07, 6.45) is 1.08. The van der Waals surface area contributed by atoms with Gasteiger partial charge in [0.05, 0.1) is 29.8 Å². The molecule has 2 bridgehead atoms. The normalized spacial score (nSPS) is 26.8. The third-order valence-electron chi connectivity index (χ3n) is 9.38. The van der Waals surface area contributed by atoms with Crippen molar-refractivity contribution in [3.8, 4) is 0 Å². The number of oxazole rings is 1. The van der Waals surface area contributed by atoms with Crippen LogP contribution in [0.2, 0.25) is 0 Å². The molecule has 7 atom stereocenters. The predicted octanol–water partition coefficient (Wildman–Crippen LogP) is 3.90. The van der Waals surface area contributed by atoms with Crippen LogP contribution in [0.5, 0.6) is 0 Å². The van der Waals surface area contributed by atoms with Gasteiger partial charge in [0, 0.05) is 31.1 Å². The number of ether oxygens (including phenoxy) is 3. The molecule has 4 fully saturated rings. The molecule has 7 rings (SSSR count). The highest BCUT2D eigenvalue weighted by Crippen LogP contribution is 2.47. The molecule has 1 amide bonds. The van der Waals surface area contributed by atoms with E-state index in [0.717, 1.165) is 24.8 Å². The van der Waals surface area contributed by atoms with Crippen LogP contribution in [-0.4, -0.2) is 85.3 Å². The van der Waals surface area contributed by atoms with Gasteiger partial charge in [-0.05, 0) is 61.6 Å². The van der Waals surface area contributed by atoms with Crippen molar-refractivity contribution in [2.45, 2.75) is 87.5 Å². The maximum atomic E-state index is 14.0. The second-order valence-corrected chi connectivity index (χ2v) is 15.4. The molecule has 2 saturated heterocycles. The highest BCUT2D eigenvalue weighted by Gasteiger charge is 2.54. The first kappa shape index (κ1) is 31.4. The minimum atomic E-state index is -4.06. The van der Waals surface area contributed by atoms with Gasteiger partial charge in [0.1, 0.15) is 11.6 Å². The summed E-state index contributed by atoms with van der Waals surface area (Å²) in [5.41, 5.74) is 1.80. The van der Waals surface area contributed by atoms with Crippen LogP contribution in [0.25, 0.3) is 11.1 Å². The minimum absolute atomic E-state index is 0.0309. The van der Waals surface area contributed by atoms with Crippen molar-refractivity contribution in [1.29, 1.82) is 0 Å². The number of anilines is 1. The minimum Gasteiger partial charge on any atom is -0.443 e. The van der Waals surface area contributed by atoms with E-state index in [-0.39, 0.29) is 42.7 Å². The summed E-state index contributed by atoms with van der Waals surface area (Å²) in [5, 5.41) is 17.7. The lowest BCUT2D eigenvalue weighted by Gasteiger charge is -2.33. The first-order chi connectivity index (χ1) is 22.1. The SMILES string of the molecule is CC(C)CN(C[C@@H](O)[C@H](Cc1ccccc1)NC(=O)O[C@H]1C[C@H]2CO[C@H]3OC1C[C@@H]23)S(=O)(=O)c1ccc2nc(NC3CC3)oc2c1. The molecule has 3 N–H and O–H groups in total. The van der Waals surface area contributed by atoms with Gasteiger partial charge >= 0.3 is 6.09 Å². The van der Waals surface area contributed by atoms with Gasteiger partial charge in [-0.1, -0.05) is 44.2 Å². The number of aliphatic hydroxyl groups is 1. The number of aromatic nitrogens is 1. The van der Waals surface area contributed by atoms with Crippen molar-refractivity contribution in [2.24, 2.45) is 17.8 Å². The smallest absolute Gasteiger partial charge is 0.407 e. The van der Waals surface area contributed by atoms with Crippen molar-refractivity contribution in [1.82, 2.24) is 14.6 Å². The summed E-state index contributed by atoms with van der Waals surface area (Å²) in [4.78, 5) is 17.8. The van der Waals surface area contributed by atoms with E-state index >= 15 is 0 Å². The fourth-order valence-electron chi connectivity index (χ4n) is 6.85. The number of sulfonamides is 1. The third kappa shape index (κ3) is 6.75. The van der Waals surface area contributed by atoms with E-state index in [0.29, 0.717) is 48.0 Å². The molecular weight excluding hydrogens is 612 g/mol. The van der Waals surface area contributed by atoms with Crippen molar-refractivity contribution in [3.05, 3.63) is 54.1 Å². The first-order valence-electron chi connectivity index (χ1n) is 16.3. The largest absolute Gasteiger partial charge is 0.443 e. The van der Waals surface area contributed by atoms with E-state index in [1.165, 1.54) is 16.4 Å². The average Bonchev–Trinajstić information content (AvgIpc) is 3.43. The van der Waals surface area contributed by atoms with E-state index in [1.807, 2.05) is 44.2 Å². The molecule has 2 aliphatic heterocycles. The molecule has 0 spiro atoms. The molecule has 3 aromatic rings. The summed E-state index contributed by atoms with van der Waals surface area (Å²) in [6.45, 7) is 4.36. The monoisotopic (exact) mass is 654 g/mol. The number of fused-ring (bicyclic) bond motifs is 2. The van der Waals surface area contributed by atoms with Crippen LogP contribution in [0.4, 0.5) is 10.8 Å². The van der Waals surface area contributed by atoms with Gasteiger partial charge in [-0.2, -0.15) is 9.29 Å². The Kier molecular flexibility index (Phi) is 8.70. The quantitative estimate of drug-likeness (QED) is 0.248. The van der Waals surface area contributed by atoms with Crippen molar-refractivity contribution in [3.63, 3.8) is 0 Å². The van der Waals surface area contributed by atoms with Crippen LogP contribution in [0.3, 0.4) is 0 Å². The number of nitrogens with one attached hydrogen (secondary N) is 2. The Morgan fingerprint density at radius 3 is 2.70 bits per heavy atom. The van der Waals surface area contributed by atoms with Gasteiger partial charge < -0.3 is 34.4 Å². The molecule has 2 aromatic carbocycles. The number of alkyl carbamates (subject to hydrolysis) is 1. The van der Waals surface area contributed by atoms with Gasteiger partial charge in [-0.3, -0.25) is 0 Å². The third-order valence-corrected chi connectivity index (χ3v) is 11.2. The van der Waals surface area contributed by atoms with E-state index in [2.05, 4.69) is 15.6 Å². The molecule has 1 aromatic heterocycles. The molecular formula is C33H42N4O8S. The van der Waals surface area contributed by atoms with Gasteiger partial charge in [0.25, 0.3) is 6.01 Å². The number of amides is 1. The summed E-state index contributed by atoms with van der Waals surface area (Å²) >= 11 is 0. The molecule has 46 heavy (non-hydrogen) atoms. The Balaban J connectivity index is 1.08. The number of nitrogens with zero attached hydrogens (tertiary/aromatic N) is 2. The van der Waals surface area contributed by atoms with E-state index in [9.17, 15) is 18.3 Å². The molecule has 4 aliphatic rings. The van der Waals surface area contributed by atoms with Crippen molar-refractivity contribution in [2.75, 3.05) is 25.0 Å². The van der Waals surface area contributed by atoms with E-state index in [1.54, 1.807) is 6.07 Å². The molecule has 12 nitrogen and oxygen atoms in total. The van der Waals surface area contributed by atoms with Crippen molar-refractivity contribution < 1.29 is 36.9 Å². The summed E-state index contributed by atoms with van der Waals surface area (Å²) in [6, 6.07) is 13.9. The standard InChI is InChI=1S/C33H42N4O8S/c1-19(2)16-37(46(40,41)23-10-11-25-28(14-23)44-32(35-25)34-22-8-9-22)17-27(38)26(12-20-6-4-3-5-7-20)36-33(39)45-29-13-21-18-42-31-24(21)15-30(29)43-31/h3-7,10-11,14,19,21-22,24,26-27,29-31,38H,8-9,12-13,15-18H2,1-2H3,(H,34,35)(H,36,39)/t21-,24-,26-,27+,29-,30?,31-/m0/s1. The second kappa shape index (κ2) is 12.8. The molecule has 1 unspecified atom stereocenters. The molecule has 2 aliphatic carbocycles. The maximum Gasteiger partial charge on any atom is 0.407 e. The molecule has 13 heteroatoms. The Morgan fingerprint density at radius 1 is 1.13 bits per heavy atom. The molecule has 248 valence electrons. The zero-order valence-electron chi connectivity index (χ0n) is 26.1. The Bertz CT molecular complexity index is 1640. The number of carbonyl (C=O) groups is 1. The first-order valence-corrected chi connectivity index (χ1v) is 17.7. The molecule has 0 radical (unpaired) electrons. The van der Waals surface area contributed by atoms with Crippen LogP contribution in [-0.2, 0) is 30.7 Å². The topological polar surface area (TPSA) is 152 Å². The van der Waals surface area contributed by atoms with Crippen LogP contribution in [0.1, 0.15) is 45.1 Å². The molecule has 2 saturated carbocycles. The van der Waals surface area contributed by atoms with E-state index in [4.69, 9.17) is 18.6 Å². The highest BCUT2D eigenvalue weighted by atomic mass is 32.2. The lowest BCUT2D eigenvalue weighted by molar-refractivity contribution is -0.147. The second-order valence-electron chi connectivity index (χ2n) is 13.5. The molecule has 3 heterocycles. The Morgan fingerprint density at radius 2 is 1.93 bits per heavy atom. The van der Waals surface area contributed by atoms with Gasteiger partial charge in [-0.15, -0.1) is 0 Å². The number of rotatable bonds is 13. The number of hydrogen-bond acceptors (Lipinski definition) is 10. The van der Waals surface area contributed by atoms with Crippen LogP contribution in [0.15, 0.2) is 57.8 Å². The Labute approximate surface area is 268 Å². The lowest BCUT2D eigenvalue weighted by Crippen LogP contribution is -2.52. The number of benzene rings is 2. The fourth-order valence-corrected chi connectivity index (χ4v) is 8.49. The van der Waals surface area contributed by atoms with Crippen molar-refractivity contribution >= 4 is 33.2 Å². The van der Waals surface area contributed by atoms with Gasteiger partial charge in [-0.25, -0.2) is 13.2 Å². The maximum absolute atomic E-state index is 14.0. The van der Waals surface area contributed by atoms with Gasteiger partial charge in [0.2, 0.25) is 10.0 Å². The average molecular weight is 655 g/mol. The predicted molar refractivity (Wildman–Crippen MR) is 168 cm³/mol. The van der Waals surface area contributed by atoms with Crippen LogP contribution in [0, 0.1) is 17.8 Å². The van der Waals surface area contributed by atoms with Gasteiger partial charge in [0.15, 0.2) is 11.9 Å².